The highest BCUT2D eigenvalue weighted by Gasteiger charge is 1.99. The second kappa shape index (κ2) is 5.54. The van der Waals surface area contributed by atoms with Crippen molar-refractivity contribution >= 4 is 0 Å². The maximum Gasteiger partial charge on any atom is 0.140 e. The molecule has 0 saturated heterocycles. The summed E-state index contributed by atoms with van der Waals surface area (Å²) >= 11 is 0. The van der Waals surface area contributed by atoms with Gasteiger partial charge in [-0.3, -0.25) is 4.98 Å². The maximum absolute atomic E-state index is 5.37. The van der Waals surface area contributed by atoms with Crippen molar-refractivity contribution < 1.29 is 4.74 Å². The van der Waals surface area contributed by atoms with Crippen molar-refractivity contribution in [1.82, 2.24) is 11.1 Å². The van der Waals surface area contributed by atoms with Crippen LogP contribution in [-0.4, -0.2) is 11.6 Å². The lowest BCUT2D eigenvalue weighted by Gasteiger charge is -2.06. The molecule has 1 rings (SSSR count). The Morgan fingerprint density at radius 1 is 1.31 bits per heavy atom. The number of rotatable bonds is 3. The largest absolute Gasteiger partial charge is 0.492 e. The first-order valence-corrected chi connectivity index (χ1v) is 4.37. The van der Waals surface area contributed by atoms with Crippen LogP contribution < -0.4 is 10.9 Å². The smallest absolute Gasteiger partial charge is 0.140 e. The van der Waals surface area contributed by atoms with Crippen LogP contribution in [0.2, 0.25) is 0 Å². The van der Waals surface area contributed by atoms with E-state index in [9.17, 15) is 0 Å². The molecular weight excluding hydrogens is 164 g/mol. The van der Waals surface area contributed by atoms with Crippen molar-refractivity contribution in [2.75, 3.05) is 6.61 Å². The summed E-state index contributed by atoms with van der Waals surface area (Å²) in [6.45, 7) is 6.76. The van der Waals surface area contributed by atoms with Crippen LogP contribution in [-0.2, 0) is 6.42 Å². The Bertz CT molecular complexity index is 261. The third-order valence-electron chi connectivity index (χ3n) is 1.76. The molecule has 0 bridgehead atoms. The highest BCUT2D eigenvalue weighted by atomic mass is 16.5. The van der Waals surface area contributed by atoms with Gasteiger partial charge in [0, 0.05) is 5.69 Å². The molecule has 0 radical (unpaired) electrons. The monoisotopic (exact) mass is 182 g/mol. The summed E-state index contributed by atoms with van der Waals surface area (Å²) < 4.78 is 5.37. The standard InChI is InChI=1S/C10H15NO.H3N/c1-4-9-6-7-10(12-5-2)8(3)11-9;/h6-7H,4-5H2,1-3H3;1H3. The summed E-state index contributed by atoms with van der Waals surface area (Å²) in [7, 11) is 0. The fourth-order valence-electron chi connectivity index (χ4n) is 1.11. The van der Waals surface area contributed by atoms with Crippen molar-refractivity contribution in [2.24, 2.45) is 0 Å². The number of ether oxygens (including phenoxy) is 1. The van der Waals surface area contributed by atoms with Gasteiger partial charge in [0.2, 0.25) is 0 Å². The Kier molecular flexibility index (Phi) is 5.07. The zero-order chi connectivity index (χ0) is 8.97. The molecule has 0 aliphatic carbocycles. The highest BCUT2D eigenvalue weighted by Crippen LogP contribution is 2.15. The summed E-state index contributed by atoms with van der Waals surface area (Å²) in [5.41, 5.74) is 2.10. The summed E-state index contributed by atoms with van der Waals surface area (Å²) in [6.07, 6.45) is 0.979. The number of aryl methyl sites for hydroxylation is 2. The van der Waals surface area contributed by atoms with Crippen molar-refractivity contribution in [1.29, 1.82) is 0 Å². The minimum Gasteiger partial charge on any atom is -0.492 e. The van der Waals surface area contributed by atoms with Crippen LogP contribution in [0.4, 0.5) is 0 Å². The molecule has 0 fully saturated rings. The summed E-state index contributed by atoms with van der Waals surface area (Å²) in [5.74, 6) is 0.898. The van der Waals surface area contributed by atoms with Gasteiger partial charge in [-0.15, -0.1) is 0 Å². The van der Waals surface area contributed by atoms with Gasteiger partial charge in [-0.05, 0) is 32.4 Å². The Morgan fingerprint density at radius 3 is 2.46 bits per heavy atom. The Labute approximate surface area is 79.7 Å². The number of nitrogens with zero attached hydrogens (tertiary/aromatic N) is 1. The number of hydrogen-bond acceptors (Lipinski definition) is 3. The number of hydrogen-bond donors (Lipinski definition) is 1. The quantitative estimate of drug-likeness (QED) is 0.781. The highest BCUT2D eigenvalue weighted by molar-refractivity contribution is 5.28. The van der Waals surface area contributed by atoms with E-state index in [1.807, 2.05) is 26.0 Å². The van der Waals surface area contributed by atoms with Gasteiger partial charge in [0.15, 0.2) is 0 Å². The van der Waals surface area contributed by atoms with Crippen LogP contribution in [0.3, 0.4) is 0 Å². The molecule has 0 amide bonds. The molecule has 3 heteroatoms. The van der Waals surface area contributed by atoms with Gasteiger partial charge in [0.25, 0.3) is 0 Å². The van der Waals surface area contributed by atoms with Crippen LogP contribution >= 0.6 is 0 Å². The maximum atomic E-state index is 5.37. The first-order chi connectivity index (χ1) is 5.77. The van der Waals surface area contributed by atoms with Crippen molar-refractivity contribution in [3.8, 4) is 5.75 Å². The fraction of sp³-hybridized carbons (Fsp3) is 0.500. The molecule has 3 nitrogen and oxygen atoms in total. The van der Waals surface area contributed by atoms with E-state index >= 15 is 0 Å². The number of aromatic nitrogens is 1. The lowest BCUT2D eigenvalue weighted by atomic mass is 10.2. The van der Waals surface area contributed by atoms with E-state index in [1.54, 1.807) is 0 Å². The zero-order valence-electron chi connectivity index (χ0n) is 8.63. The SMILES string of the molecule is CCOc1ccc(CC)nc1C.N. The topological polar surface area (TPSA) is 57.1 Å². The van der Waals surface area contributed by atoms with E-state index in [0.717, 1.165) is 23.6 Å². The van der Waals surface area contributed by atoms with Gasteiger partial charge in [-0.2, -0.15) is 0 Å². The van der Waals surface area contributed by atoms with E-state index in [4.69, 9.17) is 4.74 Å². The van der Waals surface area contributed by atoms with Crippen LogP contribution in [0.5, 0.6) is 5.75 Å². The molecule has 0 aliphatic heterocycles. The summed E-state index contributed by atoms with van der Waals surface area (Å²) in [4.78, 5) is 4.39. The minimum atomic E-state index is 0. The zero-order valence-corrected chi connectivity index (χ0v) is 8.63. The number of pyridine rings is 1. The predicted octanol–water partition coefficient (Wildman–Crippen LogP) is 2.51. The molecule has 1 aromatic heterocycles. The van der Waals surface area contributed by atoms with Crippen LogP contribution in [0.1, 0.15) is 25.2 Å². The van der Waals surface area contributed by atoms with E-state index in [2.05, 4.69) is 11.9 Å². The summed E-state index contributed by atoms with van der Waals surface area (Å²) in [6, 6.07) is 4.00. The normalized spacial score (nSPS) is 9.15. The molecule has 0 aliphatic rings. The molecule has 3 N–H and O–H groups in total. The molecule has 0 unspecified atom stereocenters. The van der Waals surface area contributed by atoms with E-state index in [-0.39, 0.29) is 6.15 Å². The average molecular weight is 182 g/mol. The average Bonchev–Trinajstić information content (AvgIpc) is 2.09. The van der Waals surface area contributed by atoms with E-state index < -0.39 is 0 Å². The van der Waals surface area contributed by atoms with Crippen LogP contribution in [0.25, 0.3) is 0 Å². The Hall–Kier alpha value is -1.09. The lowest BCUT2D eigenvalue weighted by Crippen LogP contribution is -1.97. The summed E-state index contributed by atoms with van der Waals surface area (Å²) in [5, 5.41) is 0. The van der Waals surface area contributed by atoms with Crippen molar-refractivity contribution in [3.05, 3.63) is 23.5 Å². The molecule has 74 valence electrons. The Balaban J connectivity index is 0.00000144. The third-order valence-corrected chi connectivity index (χ3v) is 1.76. The van der Waals surface area contributed by atoms with Gasteiger partial charge >= 0.3 is 0 Å². The van der Waals surface area contributed by atoms with Crippen molar-refractivity contribution in [3.63, 3.8) is 0 Å². The second-order valence-corrected chi connectivity index (χ2v) is 2.67. The fourth-order valence-corrected chi connectivity index (χ4v) is 1.11. The molecular formula is C10H18N2O. The molecule has 1 aromatic rings. The van der Waals surface area contributed by atoms with E-state index in [0.29, 0.717) is 6.61 Å². The van der Waals surface area contributed by atoms with Gasteiger partial charge < -0.3 is 10.9 Å². The minimum absolute atomic E-state index is 0. The first kappa shape index (κ1) is 11.9. The molecule has 1 heterocycles. The third kappa shape index (κ3) is 3.03. The van der Waals surface area contributed by atoms with Gasteiger partial charge in [0.05, 0.1) is 12.3 Å². The van der Waals surface area contributed by atoms with E-state index in [1.165, 1.54) is 0 Å². The second-order valence-electron chi connectivity index (χ2n) is 2.67. The lowest BCUT2D eigenvalue weighted by molar-refractivity contribution is 0.336. The van der Waals surface area contributed by atoms with Gasteiger partial charge in [0.1, 0.15) is 5.75 Å². The molecule has 13 heavy (non-hydrogen) atoms. The van der Waals surface area contributed by atoms with Crippen LogP contribution in [0, 0.1) is 6.92 Å². The first-order valence-electron chi connectivity index (χ1n) is 4.37. The molecule has 0 saturated carbocycles. The van der Waals surface area contributed by atoms with Crippen LogP contribution in [0.15, 0.2) is 12.1 Å². The van der Waals surface area contributed by atoms with Gasteiger partial charge in [-0.25, -0.2) is 0 Å². The van der Waals surface area contributed by atoms with Crippen molar-refractivity contribution in [2.45, 2.75) is 27.2 Å². The van der Waals surface area contributed by atoms with Gasteiger partial charge in [-0.1, -0.05) is 6.92 Å². The molecule has 0 aromatic carbocycles. The molecule has 0 atom stereocenters. The Morgan fingerprint density at radius 2 is 2.00 bits per heavy atom. The predicted molar refractivity (Wildman–Crippen MR) is 54.5 cm³/mol. The molecule has 0 spiro atoms.